The molecule has 0 spiro atoms. The van der Waals surface area contributed by atoms with Gasteiger partial charge in [0.1, 0.15) is 10.3 Å². The smallest absolute Gasteiger partial charge is 0.341 e. The van der Waals surface area contributed by atoms with Crippen molar-refractivity contribution in [3.8, 4) is 0 Å². The van der Waals surface area contributed by atoms with Gasteiger partial charge in [-0.2, -0.15) is 0 Å². The summed E-state index contributed by atoms with van der Waals surface area (Å²) >= 11 is 3.04. The van der Waals surface area contributed by atoms with Gasteiger partial charge in [0.05, 0.1) is 12.2 Å². The van der Waals surface area contributed by atoms with Crippen LogP contribution in [-0.2, 0) is 22.4 Å². The fourth-order valence-electron chi connectivity index (χ4n) is 3.85. The maximum Gasteiger partial charge on any atom is 0.341 e. The number of fused-ring (bicyclic) bond motifs is 1. The van der Waals surface area contributed by atoms with Gasteiger partial charge in [0.15, 0.2) is 0 Å². The predicted octanol–water partition coefficient (Wildman–Crippen LogP) is 6.67. The number of thioether (sulfide) groups is 1. The number of aryl methyl sites for hydroxylation is 1. The molecule has 1 amide bonds. The molecule has 1 atom stereocenters. The number of esters is 1. The Morgan fingerprint density at radius 3 is 2.44 bits per heavy atom. The third kappa shape index (κ3) is 5.25. The molecule has 3 aromatic rings. The average molecular weight is 466 g/mol. The summed E-state index contributed by atoms with van der Waals surface area (Å²) in [5.74, 6) is -0.457. The van der Waals surface area contributed by atoms with Gasteiger partial charge in [-0.1, -0.05) is 55.5 Å². The number of rotatable bonds is 8. The second-order valence-electron chi connectivity index (χ2n) is 7.76. The van der Waals surface area contributed by atoms with Gasteiger partial charge in [0, 0.05) is 9.77 Å². The lowest BCUT2D eigenvalue weighted by molar-refractivity contribution is -0.115. The van der Waals surface area contributed by atoms with Crippen LogP contribution in [0.1, 0.15) is 57.8 Å². The van der Waals surface area contributed by atoms with Crippen molar-refractivity contribution in [1.82, 2.24) is 0 Å². The lowest BCUT2D eigenvalue weighted by atomic mass is 9.95. The Hall–Kier alpha value is -2.57. The van der Waals surface area contributed by atoms with Crippen LogP contribution in [0.2, 0.25) is 0 Å². The Morgan fingerprint density at radius 1 is 1.03 bits per heavy atom. The molecule has 0 saturated heterocycles. The number of carbonyl (C=O) groups excluding carboxylic acids is 2. The van der Waals surface area contributed by atoms with Gasteiger partial charge in [-0.15, -0.1) is 23.1 Å². The number of nitrogens with one attached hydrogen (secondary N) is 1. The van der Waals surface area contributed by atoms with Crippen molar-refractivity contribution < 1.29 is 14.3 Å². The zero-order valence-corrected chi connectivity index (χ0v) is 19.8. The number of amides is 1. The number of benzene rings is 2. The van der Waals surface area contributed by atoms with E-state index >= 15 is 0 Å². The van der Waals surface area contributed by atoms with E-state index in [2.05, 4.69) is 5.32 Å². The van der Waals surface area contributed by atoms with Crippen molar-refractivity contribution in [3.63, 3.8) is 0 Å². The molecule has 0 fully saturated rings. The molecule has 0 bridgehead atoms. The number of hydrogen-bond donors (Lipinski definition) is 1. The number of anilines is 1. The number of hydrogen-bond acceptors (Lipinski definition) is 5. The summed E-state index contributed by atoms with van der Waals surface area (Å²) in [6, 6.07) is 19.7. The summed E-state index contributed by atoms with van der Waals surface area (Å²) in [7, 11) is 0. The zero-order valence-electron chi connectivity index (χ0n) is 18.1. The molecule has 1 aliphatic rings. The zero-order chi connectivity index (χ0) is 22.3. The van der Waals surface area contributed by atoms with Gasteiger partial charge in [0.2, 0.25) is 5.91 Å². The van der Waals surface area contributed by atoms with E-state index < -0.39 is 5.25 Å². The highest BCUT2D eigenvalue weighted by Crippen LogP contribution is 2.41. The summed E-state index contributed by atoms with van der Waals surface area (Å²) in [6.45, 7) is 2.36. The third-order valence-corrected chi connectivity index (χ3v) is 7.86. The Morgan fingerprint density at radius 2 is 1.72 bits per heavy atom. The first-order valence-corrected chi connectivity index (χ1v) is 12.8. The van der Waals surface area contributed by atoms with Crippen LogP contribution < -0.4 is 5.32 Å². The first-order chi connectivity index (χ1) is 15.7. The minimum absolute atomic E-state index is 0.131. The van der Waals surface area contributed by atoms with Crippen molar-refractivity contribution in [2.45, 2.75) is 49.2 Å². The topological polar surface area (TPSA) is 55.4 Å². The Balaban J connectivity index is 1.64. The van der Waals surface area contributed by atoms with Crippen LogP contribution in [-0.4, -0.2) is 18.5 Å². The van der Waals surface area contributed by atoms with Crippen molar-refractivity contribution in [2.75, 3.05) is 11.9 Å². The fraction of sp³-hybridized carbons (Fsp3) is 0.308. The number of thiophene rings is 1. The van der Waals surface area contributed by atoms with E-state index in [1.807, 2.05) is 67.6 Å². The van der Waals surface area contributed by atoms with Crippen LogP contribution >= 0.6 is 23.1 Å². The minimum atomic E-state index is -0.433. The van der Waals surface area contributed by atoms with Crippen molar-refractivity contribution >= 4 is 40.0 Å². The predicted molar refractivity (Wildman–Crippen MR) is 132 cm³/mol. The molecule has 1 aromatic heterocycles. The van der Waals surface area contributed by atoms with Crippen LogP contribution in [0, 0.1) is 0 Å². The van der Waals surface area contributed by atoms with Gasteiger partial charge >= 0.3 is 5.97 Å². The van der Waals surface area contributed by atoms with Crippen LogP contribution in [0.25, 0.3) is 0 Å². The molecular formula is C26H27NO3S2. The summed E-state index contributed by atoms with van der Waals surface area (Å²) in [6.07, 6.45) is 4.75. The van der Waals surface area contributed by atoms with Crippen LogP contribution in [0.5, 0.6) is 0 Å². The first-order valence-electron chi connectivity index (χ1n) is 11.1. The van der Waals surface area contributed by atoms with Gasteiger partial charge in [-0.25, -0.2) is 4.79 Å². The highest BCUT2D eigenvalue weighted by molar-refractivity contribution is 8.00. The van der Waals surface area contributed by atoms with E-state index in [0.717, 1.165) is 48.1 Å². The van der Waals surface area contributed by atoms with Gasteiger partial charge in [-0.3, -0.25) is 4.79 Å². The second-order valence-corrected chi connectivity index (χ2v) is 10.0. The quantitative estimate of drug-likeness (QED) is 0.298. The van der Waals surface area contributed by atoms with Crippen LogP contribution in [0.15, 0.2) is 65.6 Å². The van der Waals surface area contributed by atoms with Gasteiger partial charge < -0.3 is 10.1 Å². The molecule has 32 heavy (non-hydrogen) atoms. The van der Waals surface area contributed by atoms with Crippen molar-refractivity contribution in [3.05, 3.63) is 82.2 Å². The van der Waals surface area contributed by atoms with Crippen LogP contribution in [0.3, 0.4) is 0 Å². The SMILES string of the molecule is CCCOC(=O)c1c(NC(=O)[C@H](Sc2ccccc2)c2ccccc2)sc2c1CCCC2. The molecule has 1 N–H and O–H groups in total. The standard InChI is InChI=1S/C26H27NO3S2/c1-2-17-30-26(29)22-20-15-9-10-16-21(20)32-25(22)27-24(28)23(18-11-5-3-6-12-18)31-19-13-7-4-8-14-19/h3-8,11-14,23H,2,9-10,15-17H2,1H3,(H,27,28)/t23-/m1/s1. The summed E-state index contributed by atoms with van der Waals surface area (Å²) < 4.78 is 5.48. The Bertz CT molecular complexity index is 1060. The molecular weight excluding hydrogens is 438 g/mol. The largest absolute Gasteiger partial charge is 0.462 e. The molecule has 166 valence electrons. The van der Waals surface area contributed by atoms with E-state index in [1.165, 1.54) is 28.0 Å². The van der Waals surface area contributed by atoms with Crippen molar-refractivity contribution in [1.29, 1.82) is 0 Å². The lowest BCUT2D eigenvalue weighted by Crippen LogP contribution is -2.20. The molecule has 0 aliphatic heterocycles. The van der Waals surface area contributed by atoms with E-state index in [4.69, 9.17) is 4.74 Å². The molecule has 1 heterocycles. The molecule has 0 radical (unpaired) electrons. The number of ether oxygens (including phenoxy) is 1. The van der Waals surface area contributed by atoms with Crippen molar-refractivity contribution in [2.24, 2.45) is 0 Å². The first kappa shape index (κ1) is 22.6. The highest BCUT2D eigenvalue weighted by atomic mass is 32.2. The third-order valence-electron chi connectivity index (χ3n) is 5.39. The Labute approximate surface area is 197 Å². The molecule has 0 saturated carbocycles. The van der Waals surface area contributed by atoms with Gasteiger partial charge in [0.25, 0.3) is 0 Å². The van der Waals surface area contributed by atoms with Crippen LogP contribution in [0.4, 0.5) is 5.00 Å². The number of carbonyl (C=O) groups is 2. The van der Waals surface area contributed by atoms with E-state index in [1.54, 1.807) is 0 Å². The molecule has 1 aliphatic carbocycles. The Kier molecular flexibility index (Phi) is 7.66. The summed E-state index contributed by atoms with van der Waals surface area (Å²) in [5.41, 5.74) is 2.54. The maximum atomic E-state index is 13.5. The molecule has 6 heteroatoms. The monoisotopic (exact) mass is 465 g/mol. The summed E-state index contributed by atoms with van der Waals surface area (Å²) in [4.78, 5) is 28.7. The highest BCUT2D eigenvalue weighted by Gasteiger charge is 2.29. The minimum Gasteiger partial charge on any atom is -0.462 e. The van der Waals surface area contributed by atoms with E-state index in [-0.39, 0.29) is 11.9 Å². The molecule has 4 rings (SSSR count). The summed E-state index contributed by atoms with van der Waals surface area (Å²) in [5, 5.41) is 3.29. The van der Waals surface area contributed by atoms with E-state index in [9.17, 15) is 9.59 Å². The van der Waals surface area contributed by atoms with E-state index in [0.29, 0.717) is 17.2 Å². The molecule has 2 aromatic carbocycles. The normalized spacial score (nSPS) is 13.8. The lowest BCUT2D eigenvalue weighted by Gasteiger charge is -2.17. The second kappa shape index (κ2) is 10.8. The fourth-order valence-corrected chi connectivity index (χ4v) is 6.18. The average Bonchev–Trinajstić information content (AvgIpc) is 3.20. The maximum absolute atomic E-state index is 13.5. The van der Waals surface area contributed by atoms with Gasteiger partial charge in [-0.05, 0) is 55.4 Å². The molecule has 4 nitrogen and oxygen atoms in total. The molecule has 0 unspecified atom stereocenters.